The summed E-state index contributed by atoms with van der Waals surface area (Å²) in [7, 11) is 0. The van der Waals surface area contributed by atoms with Crippen molar-refractivity contribution in [1.82, 2.24) is 10.3 Å². The van der Waals surface area contributed by atoms with Crippen molar-refractivity contribution in [3.8, 4) is 0 Å². The van der Waals surface area contributed by atoms with E-state index >= 15 is 0 Å². The average molecular weight is 254 g/mol. The van der Waals surface area contributed by atoms with Crippen LogP contribution in [0.25, 0.3) is 10.9 Å². The van der Waals surface area contributed by atoms with E-state index in [9.17, 15) is 0 Å². The van der Waals surface area contributed by atoms with Crippen LogP contribution < -0.4 is 5.32 Å². The van der Waals surface area contributed by atoms with E-state index in [0.29, 0.717) is 0 Å². The first-order valence-corrected chi connectivity index (χ1v) is 7.45. The third-order valence-electron chi connectivity index (χ3n) is 4.51. The SMILES string of the molecule is CCC1(c2cccc3ncccc23)CCCCCN1. The van der Waals surface area contributed by atoms with Crippen molar-refractivity contribution in [3.05, 3.63) is 42.1 Å². The largest absolute Gasteiger partial charge is 0.307 e. The van der Waals surface area contributed by atoms with Crippen LogP contribution in [-0.2, 0) is 5.54 Å². The highest BCUT2D eigenvalue weighted by molar-refractivity contribution is 5.83. The molecule has 1 aliphatic rings. The molecule has 1 aromatic carbocycles. The second kappa shape index (κ2) is 5.30. The van der Waals surface area contributed by atoms with Crippen molar-refractivity contribution in [2.75, 3.05) is 6.54 Å². The van der Waals surface area contributed by atoms with Crippen molar-refractivity contribution in [1.29, 1.82) is 0 Å². The number of hydrogen-bond donors (Lipinski definition) is 1. The van der Waals surface area contributed by atoms with Crippen LogP contribution in [0, 0.1) is 0 Å². The van der Waals surface area contributed by atoms with Gasteiger partial charge in [0.2, 0.25) is 0 Å². The van der Waals surface area contributed by atoms with Gasteiger partial charge < -0.3 is 5.32 Å². The van der Waals surface area contributed by atoms with Crippen LogP contribution in [0.3, 0.4) is 0 Å². The molecule has 2 heteroatoms. The van der Waals surface area contributed by atoms with Gasteiger partial charge >= 0.3 is 0 Å². The van der Waals surface area contributed by atoms with E-state index in [-0.39, 0.29) is 5.54 Å². The summed E-state index contributed by atoms with van der Waals surface area (Å²) >= 11 is 0. The maximum Gasteiger partial charge on any atom is 0.0705 e. The molecule has 2 nitrogen and oxygen atoms in total. The molecule has 0 amide bonds. The molecule has 0 bridgehead atoms. The van der Waals surface area contributed by atoms with E-state index in [1.807, 2.05) is 12.3 Å². The lowest BCUT2D eigenvalue weighted by Crippen LogP contribution is -2.41. The van der Waals surface area contributed by atoms with Gasteiger partial charge in [-0.15, -0.1) is 0 Å². The topological polar surface area (TPSA) is 24.9 Å². The summed E-state index contributed by atoms with van der Waals surface area (Å²) in [6.07, 6.45) is 8.21. The summed E-state index contributed by atoms with van der Waals surface area (Å²) in [5.74, 6) is 0. The molecule has 1 fully saturated rings. The van der Waals surface area contributed by atoms with E-state index in [1.54, 1.807) is 0 Å². The summed E-state index contributed by atoms with van der Waals surface area (Å²) in [6.45, 7) is 3.43. The molecule has 1 unspecified atom stereocenters. The smallest absolute Gasteiger partial charge is 0.0705 e. The zero-order valence-corrected chi connectivity index (χ0v) is 11.7. The number of benzene rings is 1. The van der Waals surface area contributed by atoms with Gasteiger partial charge in [0.25, 0.3) is 0 Å². The first-order valence-electron chi connectivity index (χ1n) is 7.45. The number of nitrogens with zero attached hydrogens (tertiary/aromatic N) is 1. The van der Waals surface area contributed by atoms with Gasteiger partial charge in [0.15, 0.2) is 0 Å². The fourth-order valence-corrected chi connectivity index (χ4v) is 3.39. The van der Waals surface area contributed by atoms with Gasteiger partial charge in [0.1, 0.15) is 0 Å². The van der Waals surface area contributed by atoms with Gasteiger partial charge in [0, 0.05) is 17.1 Å². The maximum atomic E-state index is 4.50. The lowest BCUT2D eigenvalue weighted by Gasteiger charge is -2.34. The van der Waals surface area contributed by atoms with E-state index in [1.165, 1.54) is 36.6 Å². The minimum Gasteiger partial charge on any atom is -0.307 e. The molecule has 1 aromatic heterocycles. The van der Waals surface area contributed by atoms with Crippen LogP contribution in [-0.4, -0.2) is 11.5 Å². The van der Waals surface area contributed by atoms with Crippen molar-refractivity contribution in [2.24, 2.45) is 0 Å². The molecule has 2 aromatic rings. The van der Waals surface area contributed by atoms with Crippen molar-refractivity contribution >= 4 is 10.9 Å². The summed E-state index contributed by atoms with van der Waals surface area (Å²) in [6, 6.07) is 10.8. The van der Waals surface area contributed by atoms with Gasteiger partial charge in [-0.3, -0.25) is 4.98 Å². The molecular weight excluding hydrogens is 232 g/mol. The molecule has 1 saturated heterocycles. The molecule has 3 rings (SSSR count). The van der Waals surface area contributed by atoms with Crippen molar-refractivity contribution in [2.45, 2.75) is 44.6 Å². The summed E-state index contributed by atoms with van der Waals surface area (Å²) in [5, 5.41) is 5.13. The highest BCUT2D eigenvalue weighted by Crippen LogP contribution is 2.36. The Morgan fingerprint density at radius 3 is 3.00 bits per heavy atom. The number of rotatable bonds is 2. The summed E-state index contributed by atoms with van der Waals surface area (Å²) < 4.78 is 0. The first kappa shape index (κ1) is 12.6. The van der Waals surface area contributed by atoms with E-state index in [4.69, 9.17) is 0 Å². The van der Waals surface area contributed by atoms with Crippen molar-refractivity contribution in [3.63, 3.8) is 0 Å². The lowest BCUT2D eigenvalue weighted by molar-refractivity contribution is 0.315. The second-order valence-corrected chi connectivity index (χ2v) is 5.55. The monoisotopic (exact) mass is 254 g/mol. The fraction of sp³-hybridized carbons (Fsp3) is 0.471. The molecule has 0 aliphatic carbocycles. The normalized spacial score (nSPS) is 24.3. The zero-order chi connectivity index (χ0) is 13.1. The van der Waals surface area contributed by atoms with Crippen LogP contribution in [0.15, 0.2) is 36.5 Å². The number of aromatic nitrogens is 1. The van der Waals surface area contributed by atoms with Gasteiger partial charge in [-0.25, -0.2) is 0 Å². The first-order chi connectivity index (χ1) is 9.36. The van der Waals surface area contributed by atoms with Crippen LogP contribution in [0.4, 0.5) is 0 Å². The van der Waals surface area contributed by atoms with Crippen LogP contribution >= 0.6 is 0 Å². The number of hydrogen-bond acceptors (Lipinski definition) is 2. The second-order valence-electron chi connectivity index (χ2n) is 5.55. The molecule has 1 aliphatic heterocycles. The fourth-order valence-electron chi connectivity index (χ4n) is 3.39. The van der Waals surface area contributed by atoms with Gasteiger partial charge in [-0.1, -0.05) is 38.0 Å². The molecule has 0 spiro atoms. The maximum absolute atomic E-state index is 4.50. The van der Waals surface area contributed by atoms with Gasteiger partial charge in [-0.2, -0.15) is 0 Å². The van der Waals surface area contributed by atoms with Crippen LogP contribution in [0.1, 0.15) is 44.6 Å². The molecule has 100 valence electrons. The molecule has 0 saturated carbocycles. The summed E-state index contributed by atoms with van der Waals surface area (Å²) in [5.41, 5.74) is 2.68. The van der Waals surface area contributed by atoms with E-state index in [0.717, 1.165) is 18.5 Å². The Hall–Kier alpha value is -1.41. The average Bonchev–Trinajstić information content (AvgIpc) is 2.73. The molecule has 1 atom stereocenters. The molecule has 19 heavy (non-hydrogen) atoms. The Morgan fingerprint density at radius 2 is 2.11 bits per heavy atom. The predicted octanol–water partition coefficient (Wildman–Crippen LogP) is 4.00. The van der Waals surface area contributed by atoms with Crippen LogP contribution in [0.5, 0.6) is 0 Å². The highest BCUT2D eigenvalue weighted by atomic mass is 15.0. The van der Waals surface area contributed by atoms with Gasteiger partial charge in [-0.05, 0) is 43.5 Å². The third-order valence-corrected chi connectivity index (χ3v) is 4.51. The minimum atomic E-state index is 0.138. The Morgan fingerprint density at radius 1 is 1.16 bits per heavy atom. The Balaban J connectivity index is 2.15. The number of pyridine rings is 1. The summed E-state index contributed by atoms with van der Waals surface area (Å²) in [4.78, 5) is 4.50. The standard InChI is InChI=1S/C17H22N2/c1-2-17(11-4-3-5-13-19-17)15-9-6-10-16-14(15)8-7-12-18-16/h6-10,12,19H,2-5,11,13H2,1H3. The molecule has 0 radical (unpaired) electrons. The highest BCUT2D eigenvalue weighted by Gasteiger charge is 2.31. The lowest BCUT2D eigenvalue weighted by atomic mass is 9.81. The zero-order valence-electron chi connectivity index (χ0n) is 11.7. The number of nitrogens with one attached hydrogen (secondary N) is 1. The number of fused-ring (bicyclic) bond motifs is 1. The van der Waals surface area contributed by atoms with Gasteiger partial charge in [0.05, 0.1) is 5.52 Å². The molecule has 1 N–H and O–H groups in total. The predicted molar refractivity (Wildman–Crippen MR) is 80.2 cm³/mol. The molecular formula is C17H22N2. The Bertz CT molecular complexity index is 549. The van der Waals surface area contributed by atoms with E-state index < -0.39 is 0 Å². The van der Waals surface area contributed by atoms with Crippen LogP contribution in [0.2, 0.25) is 0 Å². The third kappa shape index (κ3) is 2.25. The molecule has 2 heterocycles. The van der Waals surface area contributed by atoms with Crippen molar-refractivity contribution < 1.29 is 0 Å². The van der Waals surface area contributed by atoms with E-state index in [2.05, 4.69) is 41.5 Å². The minimum absolute atomic E-state index is 0.138. The Kier molecular flexibility index (Phi) is 3.52. The Labute approximate surface area is 115 Å². The quantitative estimate of drug-likeness (QED) is 0.876.